The lowest BCUT2D eigenvalue weighted by Gasteiger charge is -2.21. The number of hydrogen-bond donors (Lipinski definition) is 2. The average molecular weight is 332 g/mol. The van der Waals surface area contributed by atoms with Crippen molar-refractivity contribution in [2.24, 2.45) is 16.1 Å². The maximum absolute atomic E-state index is 11.3. The highest BCUT2D eigenvalue weighted by molar-refractivity contribution is 6.21. The second-order valence-electron chi connectivity index (χ2n) is 5.62. The topological polar surface area (TPSA) is 172 Å². The monoisotopic (exact) mass is 332 g/mol. The molecule has 0 saturated heterocycles. The molecule has 10 heteroatoms. The van der Waals surface area contributed by atoms with Crippen LogP contribution in [0.15, 0.2) is 21.9 Å². The minimum absolute atomic E-state index is 0.0321. The maximum Gasteiger partial charge on any atom is 0.349 e. The molecule has 1 unspecified atom stereocenters. The highest BCUT2D eigenvalue weighted by Gasteiger charge is 2.47. The van der Waals surface area contributed by atoms with E-state index in [1.54, 1.807) is 0 Å². The molecule has 1 fully saturated rings. The summed E-state index contributed by atoms with van der Waals surface area (Å²) in [5, 5.41) is 21.2. The predicted molar refractivity (Wildman–Crippen MR) is 89.1 cm³/mol. The van der Waals surface area contributed by atoms with Gasteiger partial charge in [-0.1, -0.05) is 16.3 Å². The zero-order chi connectivity index (χ0) is 17.8. The van der Waals surface area contributed by atoms with Crippen LogP contribution >= 0.6 is 0 Å². The van der Waals surface area contributed by atoms with Crippen LogP contribution in [0, 0.1) is 16.7 Å². The third-order valence-corrected chi connectivity index (χ3v) is 3.79. The summed E-state index contributed by atoms with van der Waals surface area (Å²) in [6, 6.07) is 0. The van der Waals surface area contributed by atoms with Crippen LogP contribution in [-0.2, 0) is 9.53 Å². The molecular weight excluding hydrogens is 312 g/mol. The molecule has 1 atom stereocenters. The second kappa shape index (κ2) is 10.0. The summed E-state index contributed by atoms with van der Waals surface area (Å²) >= 11 is 0. The molecule has 0 heterocycles. The van der Waals surface area contributed by atoms with Gasteiger partial charge in [-0.25, -0.2) is 4.79 Å². The van der Waals surface area contributed by atoms with E-state index in [1.165, 1.54) is 0 Å². The van der Waals surface area contributed by atoms with Crippen LogP contribution in [0.1, 0.15) is 32.1 Å². The molecule has 0 radical (unpaired) electrons. The van der Waals surface area contributed by atoms with Crippen LogP contribution in [-0.4, -0.2) is 37.1 Å². The molecule has 0 aromatic heterocycles. The lowest BCUT2D eigenvalue weighted by atomic mass is 9.94. The van der Waals surface area contributed by atoms with E-state index in [4.69, 9.17) is 26.6 Å². The smallest absolute Gasteiger partial charge is 0.349 e. The van der Waals surface area contributed by atoms with E-state index >= 15 is 0 Å². The zero-order valence-corrected chi connectivity index (χ0v) is 13.3. The molecule has 0 aromatic rings. The summed E-state index contributed by atoms with van der Waals surface area (Å²) in [5.74, 6) is -0.625. The SMILES string of the molecule is [N-]=[N+]=NC/C(C=N)=C\CCC(CN=[N+]=[N-])CC1(OC(=O)C=N)CC1. The number of carbonyl (C=O) groups excluding carboxylic acids is 1. The molecule has 0 bridgehead atoms. The molecule has 0 aromatic carbocycles. The van der Waals surface area contributed by atoms with Crippen LogP contribution in [0.25, 0.3) is 20.9 Å². The first kappa shape index (κ1) is 19.2. The lowest BCUT2D eigenvalue weighted by molar-refractivity contribution is -0.143. The Balaban J connectivity index is 2.62. The number of allylic oxidation sites excluding steroid dienone is 1. The van der Waals surface area contributed by atoms with E-state index in [0.717, 1.165) is 19.1 Å². The Bertz CT molecular complexity index is 598. The van der Waals surface area contributed by atoms with Gasteiger partial charge in [0.15, 0.2) is 0 Å². The fourth-order valence-electron chi connectivity index (χ4n) is 2.45. The Morgan fingerprint density at radius 3 is 2.50 bits per heavy atom. The number of rotatable bonds is 12. The standard InChI is InChI=1S/C14H20N8O2/c15-7-12(10-20-22-18)3-1-2-11(9-19-21-17)6-14(4-5-14)24-13(23)8-16/h3,7-8,11,15-16H,1-2,4-6,9-10H2/b12-3-,15-7?,16-8?. The third kappa shape index (κ3) is 6.95. The molecule has 1 saturated carbocycles. The van der Waals surface area contributed by atoms with E-state index in [2.05, 4.69) is 20.1 Å². The summed E-state index contributed by atoms with van der Waals surface area (Å²) in [6.45, 7) is 0.423. The second-order valence-corrected chi connectivity index (χ2v) is 5.62. The minimum atomic E-state index is -0.657. The molecule has 1 rings (SSSR count). The number of ether oxygens (including phenoxy) is 1. The van der Waals surface area contributed by atoms with E-state index in [9.17, 15) is 4.79 Å². The number of carbonyl (C=O) groups is 1. The third-order valence-electron chi connectivity index (χ3n) is 3.79. The maximum atomic E-state index is 11.3. The largest absolute Gasteiger partial charge is 0.455 e. The van der Waals surface area contributed by atoms with Crippen LogP contribution in [0.3, 0.4) is 0 Å². The summed E-state index contributed by atoms with van der Waals surface area (Å²) in [7, 11) is 0. The first-order valence-corrected chi connectivity index (χ1v) is 7.54. The van der Waals surface area contributed by atoms with E-state index in [0.29, 0.717) is 37.6 Å². The number of nitrogens with zero attached hydrogens (tertiary/aromatic N) is 6. The predicted octanol–water partition coefficient (Wildman–Crippen LogP) is 3.69. The van der Waals surface area contributed by atoms with Gasteiger partial charge in [-0.2, -0.15) is 0 Å². The fraction of sp³-hybridized carbons (Fsp3) is 0.643. The highest BCUT2D eigenvalue weighted by atomic mass is 16.6. The summed E-state index contributed by atoms with van der Waals surface area (Å²) in [4.78, 5) is 16.7. The van der Waals surface area contributed by atoms with E-state index in [-0.39, 0.29) is 12.5 Å². The van der Waals surface area contributed by atoms with E-state index < -0.39 is 11.6 Å². The Labute approximate surface area is 139 Å². The molecule has 128 valence electrons. The zero-order valence-electron chi connectivity index (χ0n) is 13.3. The summed E-state index contributed by atoms with van der Waals surface area (Å²) in [5.41, 5.74) is 16.9. The molecule has 0 amide bonds. The van der Waals surface area contributed by atoms with Gasteiger partial charge >= 0.3 is 5.97 Å². The van der Waals surface area contributed by atoms with Crippen molar-refractivity contribution in [2.75, 3.05) is 13.1 Å². The minimum Gasteiger partial charge on any atom is -0.455 e. The lowest BCUT2D eigenvalue weighted by Crippen LogP contribution is -2.24. The summed E-state index contributed by atoms with van der Waals surface area (Å²) < 4.78 is 5.29. The van der Waals surface area contributed by atoms with Gasteiger partial charge in [-0.05, 0) is 54.7 Å². The van der Waals surface area contributed by atoms with Crippen molar-refractivity contribution in [3.05, 3.63) is 32.5 Å². The van der Waals surface area contributed by atoms with Crippen molar-refractivity contribution >= 4 is 18.4 Å². The van der Waals surface area contributed by atoms with Gasteiger partial charge in [0.25, 0.3) is 0 Å². The van der Waals surface area contributed by atoms with Crippen molar-refractivity contribution in [2.45, 2.75) is 37.7 Å². The van der Waals surface area contributed by atoms with Crippen LogP contribution in [0.5, 0.6) is 0 Å². The summed E-state index contributed by atoms with van der Waals surface area (Å²) in [6.07, 6.45) is 7.00. The Hall–Kier alpha value is -2.83. The molecule has 0 spiro atoms. The quantitative estimate of drug-likeness (QED) is 0.182. The average Bonchev–Trinajstić information content (AvgIpc) is 3.34. The molecule has 0 aliphatic heterocycles. The van der Waals surface area contributed by atoms with Gasteiger partial charge < -0.3 is 15.6 Å². The van der Waals surface area contributed by atoms with Crippen LogP contribution in [0.2, 0.25) is 0 Å². The van der Waals surface area contributed by atoms with E-state index in [1.807, 2.05) is 6.08 Å². The Morgan fingerprint density at radius 1 is 1.25 bits per heavy atom. The first-order chi connectivity index (χ1) is 11.6. The van der Waals surface area contributed by atoms with Gasteiger partial charge in [0.1, 0.15) is 11.8 Å². The van der Waals surface area contributed by atoms with Gasteiger partial charge in [0.05, 0.1) is 6.54 Å². The Kier molecular flexibility index (Phi) is 8.04. The first-order valence-electron chi connectivity index (χ1n) is 7.54. The molecule has 2 N–H and O–H groups in total. The molecule has 24 heavy (non-hydrogen) atoms. The van der Waals surface area contributed by atoms with Crippen molar-refractivity contribution < 1.29 is 9.53 Å². The van der Waals surface area contributed by atoms with Crippen molar-refractivity contribution in [3.8, 4) is 0 Å². The van der Waals surface area contributed by atoms with Crippen molar-refractivity contribution in [1.29, 1.82) is 10.8 Å². The molecular formula is C14H20N8O2. The van der Waals surface area contributed by atoms with Gasteiger partial charge in [-0.3, -0.25) is 0 Å². The van der Waals surface area contributed by atoms with Crippen LogP contribution in [0.4, 0.5) is 0 Å². The molecule has 1 aliphatic rings. The van der Waals surface area contributed by atoms with Crippen LogP contribution < -0.4 is 0 Å². The number of nitrogens with one attached hydrogen (secondary N) is 2. The number of hydrogen-bond acceptors (Lipinski definition) is 6. The number of azide groups is 2. The normalized spacial score (nSPS) is 16.1. The molecule has 1 aliphatic carbocycles. The van der Waals surface area contributed by atoms with Gasteiger partial charge in [0, 0.05) is 22.6 Å². The molecule has 10 nitrogen and oxygen atoms in total. The van der Waals surface area contributed by atoms with Gasteiger partial charge in [0.2, 0.25) is 0 Å². The van der Waals surface area contributed by atoms with Crippen molar-refractivity contribution in [3.63, 3.8) is 0 Å². The highest BCUT2D eigenvalue weighted by Crippen LogP contribution is 2.45. The van der Waals surface area contributed by atoms with Gasteiger partial charge in [-0.15, -0.1) is 0 Å². The fourth-order valence-corrected chi connectivity index (χ4v) is 2.45. The Morgan fingerprint density at radius 2 is 1.96 bits per heavy atom. The van der Waals surface area contributed by atoms with Crippen molar-refractivity contribution in [1.82, 2.24) is 0 Å². The number of esters is 1.